The lowest BCUT2D eigenvalue weighted by atomic mass is 9.97. The minimum Gasteiger partial charge on any atom is -0.497 e. The lowest BCUT2D eigenvalue weighted by Gasteiger charge is -2.24. The fourth-order valence-electron chi connectivity index (χ4n) is 3.39. The van der Waals surface area contributed by atoms with Gasteiger partial charge in [-0.2, -0.15) is 5.10 Å². The van der Waals surface area contributed by atoms with Gasteiger partial charge in [-0.05, 0) is 59.7 Å². The molecule has 0 spiro atoms. The molecular weight excluding hydrogens is 352 g/mol. The van der Waals surface area contributed by atoms with Crippen LogP contribution in [-0.2, 0) is 0 Å². The molecule has 0 bridgehead atoms. The van der Waals surface area contributed by atoms with Gasteiger partial charge in [0, 0.05) is 6.42 Å². The fraction of sp³-hybridized carbons (Fsp3) is 0.130. The van der Waals surface area contributed by atoms with Crippen molar-refractivity contribution in [2.75, 3.05) is 12.1 Å². The number of hydrogen-bond donors (Lipinski definition) is 1. The Kier molecular flexibility index (Phi) is 4.81. The molecule has 5 heteroatoms. The highest BCUT2D eigenvalue weighted by Crippen LogP contribution is 2.36. The molecule has 4 rings (SSSR count). The lowest BCUT2D eigenvalue weighted by molar-refractivity contribution is 0.0697. The topological polar surface area (TPSA) is 62.1 Å². The van der Waals surface area contributed by atoms with Crippen LogP contribution in [0.5, 0.6) is 5.75 Å². The Balaban J connectivity index is 1.70. The average Bonchev–Trinajstić information content (AvgIpc) is 3.20. The molecule has 0 fully saturated rings. The van der Waals surface area contributed by atoms with Gasteiger partial charge in [0.25, 0.3) is 0 Å². The van der Waals surface area contributed by atoms with Crippen LogP contribution in [-0.4, -0.2) is 23.9 Å². The SMILES string of the molecule is COc1ccc(C2=NN(c3ccccc3)[C@H](c3ccc(C(=O)O)cc3)C2)cc1. The molecule has 1 aliphatic heterocycles. The van der Waals surface area contributed by atoms with Crippen LogP contribution >= 0.6 is 0 Å². The van der Waals surface area contributed by atoms with E-state index in [0.717, 1.165) is 34.7 Å². The van der Waals surface area contributed by atoms with Crippen molar-refractivity contribution in [2.24, 2.45) is 5.10 Å². The van der Waals surface area contributed by atoms with Crippen LogP contribution < -0.4 is 9.75 Å². The number of carboxylic acids is 1. The van der Waals surface area contributed by atoms with Crippen molar-refractivity contribution >= 4 is 17.4 Å². The van der Waals surface area contributed by atoms with E-state index in [2.05, 4.69) is 0 Å². The maximum Gasteiger partial charge on any atom is 0.335 e. The zero-order valence-corrected chi connectivity index (χ0v) is 15.4. The molecule has 1 aliphatic rings. The van der Waals surface area contributed by atoms with Gasteiger partial charge in [0.05, 0.1) is 30.1 Å². The quantitative estimate of drug-likeness (QED) is 0.702. The van der Waals surface area contributed by atoms with Gasteiger partial charge in [0.1, 0.15) is 5.75 Å². The van der Waals surface area contributed by atoms with Gasteiger partial charge in [0.15, 0.2) is 0 Å². The van der Waals surface area contributed by atoms with Crippen LogP contribution in [0.4, 0.5) is 5.69 Å². The minimum absolute atomic E-state index is 0.00217. The van der Waals surface area contributed by atoms with Gasteiger partial charge in [-0.3, -0.25) is 5.01 Å². The van der Waals surface area contributed by atoms with Crippen molar-refractivity contribution in [2.45, 2.75) is 12.5 Å². The number of rotatable bonds is 5. The zero-order chi connectivity index (χ0) is 19.5. The Morgan fingerprint density at radius 2 is 1.68 bits per heavy atom. The molecule has 0 unspecified atom stereocenters. The van der Waals surface area contributed by atoms with E-state index in [1.807, 2.05) is 71.7 Å². The second-order valence-corrected chi connectivity index (χ2v) is 6.60. The smallest absolute Gasteiger partial charge is 0.335 e. The van der Waals surface area contributed by atoms with E-state index in [9.17, 15) is 4.79 Å². The summed E-state index contributed by atoms with van der Waals surface area (Å²) in [5.41, 5.74) is 4.34. The number of para-hydroxylation sites is 1. The first kappa shape index (κ1) is 17.8. The number of methoxy groups -OCH3 is 1. The summed E-state index contributed by atoms with van der Waals surface area (Å²) < 4.78 is 5.24. The molecule has 3 aromatic rings. The number of hydrogen-bond acceptors (Lipinski definition) is 4. The number of benzene rings is 3. The van der Waals surface area contributed by atoms with Crippen molar-refractivity contribution < 1.29 is 14.6 Å². The summed E-state index contributed by atoms with van der Waals surface area (Å²) in [6, 6.07) is 24.9. The largest absolute Gasteiger partial charge is 0.497 e. The molecule has 140 valence electrons. The number of carboxylic acid groups (broad SMARTS) is 1. The molecule has 28 heavy (non-hydrogen) atoms. The maximum absolute atomic E-state index is 11.2. The van der Waals surface area contributed by atoms with Crippen LogP contribution in [0.3, 0.4) is 0 Å². The van der Waals surface area contributed by atoms with Crippen LogP contribution in [0.1, 0.15) is 33.9 Å². The number of ether oxygens (including phenoxy) is 1. The molecule has 0 aliphatic carbocycles. The lowest BCUT2D eigenvalue weighted by Crippen LogP contribution is -2.18. The second-order valence-electron chi connectivity index (χ2n) is 6.60. The van der Waals surface area contributed by atoms with Gasteiger partial charge in [-0.15, -0.1) is 0 Å². The van der Waals surface area contributed by atoms with Crippen LogP contribution in [0, 0.1) is 0 Å². The predicted octanol–water partition coefficient (Wildman–Crippen LogP) is 4.75. The van der Waals surface area contributed by atoms with Crippen molar-refractivity contribution in [1.82, 2.24) is 0 Å². The van der Waals surface area contributed by atoms with E-state index >= 15 is 0 Å². The van der Waals surface area contributed by atoms with E-state index in [0.29, 0.717) is 0 Å². The summed E-state index contributed by atoms with van der Waals surface area (Å²) >= 11 is 0. The Hall–Kier alpha value is -3.60. The van der Waals surface area contributed by atoms with Crippen molar-refractivity contribution in [3.63, 3.8) is 0 Å². The first-order valence-corrected chi connectivity index (χ1v) is 9.05. The van der Waals surface area contributed by atoms with Gasteiger partial charge < -0.3 is 9.84 Å². The van der Waals surface area contributed by atoms with Crippen molar-refractivity contribution in [3.05, 3.63) is 95.6 Å². The number of nitrogens with zero attached hydrogens (tertiary/aromatic N) is 2. The highest BCUT2D eigenvalue weighted by molar-refractivity contribution is 6.03. The number of aromatic carboxylic acids is 1. The van der Waals surface area contributed by atoms with E-state index in [-0.39, 0.29) is 11.6 Å². The van der Waals surface area contributed by atoms with Gasteiger partial charge in [-0.1, -0.05) is 30.3 Å². The molecule has 5 nitrogen and oxygen atoms in total. The molecular formula is C23H20N2O3. The van der Waals surface area contributed by atoms with Gasteiger partial charge in [0.2, 0.25) is 0 Å². The molecule has 0 aromatic heterocycles. The molecule has 3 aromatic carbocycles. The number of anilines is 1. The standard InChI is InChI=1S/C23H20N2O3/c1-28-20-13-11-16(12-14-20)21-15-22(17-7-9-18(10-8-17)23(26)27)25(24-21)19-5-3-2-4-6-19/h2-14,22H,15H2,1H3,(H,26,27)/t22-/m0/s1. The molecule has 0 saturated carbocycles. The summed E-state index contributed by atoms with van der Waals surface area (Å²) in [4.78, 5) is 11.2. The van der Waals surface area contributed by atoms with E-state index in [1.165, 1.54) is 0 Å². The third kappa shape index (κ3) is 3.47. The third-order valence-corrected chi connectivity index (χ3v) is 4.90. The summed E-state index contributed by atoms with van der Waals surface area (Å²) in [6.45, 7) is 0. The average molecular weight is 372 g/mol. The van der Waals surface area contributed by atoms with Crippen molar-refractivity contribution in [3.8, 4) is 5.75 Å². The summed E-state index contributed by atoms with van der Waals surface area (Å²) in [5.74, 6) is -0.115. The highest BCUT2D eigenvalue weighted by atomic mass is 16.5. The Morgan fingerprint density at radius 3 is 2.29 bits per heavy atom. The van der Waals surface area contributed by atoms with Crippen LogP contribution in [0.15, 0.2) is 84.0 Å². The summed E-state index contributed by atoms with van der Waals surface area (Å²) in [5, 5.41) is 16.1. The first-order valence-electron chi connectivity index (χ1n) is 9.05. The predicted molar refractivity (Wildman–Crippen MR) is 109 cm³/mol. The fourth-order valence-corrected chi connectivity index (χ4v) is 3.39. The third-order valence-electron chi connectivity index (χ3n) is 4.90. The van der Waals surface area contributed by atoms with Gasteiger partial charge >= 0.3 is 5.97 Å². The molecule has 0 radical (unpaired) electrons. The zero-order valence-electron chi connectivity index (χ0n) is 15.4. The highest BCUT2D eigenvalue weighted by Gasteiger charge is 2.30. The minimum atomic E-state index is -0.923. The van der Waals surface area contributed by atoms with E-state index in [1.54, 1.807) is 19.2 Å². The molecule has 0 saturated heterocycles. The first-order chi connectivity index (χ1) is 13.7. The monoisotopic (exact) mass is 372 g/mol. The maximum atomic E-state index is 11.2. The molecule has 0 amide bonds. The molecule has 1 atom stereocenters. The second kappa shape index (κ2) is 7.56. The molecule has 1 heterocycles. The van der Waals surface area contributed by atoms with Gasteiger partial charge in [-0.25, -0.2) is 4.79 Å². The van der Waals surface area contributed by atoms with E-state index in [4.69, 9.17) is 14.9 Å². The Labute approximate surface area is 163 Å². The van der Waals surface area contributed by atoms with E-state index < -0.39 is 5.97 Å². The number of carbonyl (C=O) groups is 1. The summed E-state index contributed by atoms with van der Waals surface area (Å²) in [6.07, 6.45) is 0.730. The number of hydrazone groups is 1. The van der Waals surface area contributed by atoms with Crippen LogP contribution in [0.2, 0.25) is 0 Å². The van der Waals surface area contributed by atoms with Crippen LogP contribution in [0.25, 0.3) is 0 Å². The Bertz CT molecular complexity index is 996. The normalized spacial score (nSPS) is 16.0. The van der Waals surface area contributed by atoms with Crippen molar-refractivity contribution in [1.29, 1.82) is 0 Å². The molecule has 1 N–H and O–H groups in total. The Morgan fingerprint density at radius 1 is 1.00 bits per heavy atom. The summed E-state index contributed by atoms with van der Waals surface area (Å²) in [7, 11) is 1.65.